The van der Waals surface area contributed by atoms with Crippen LogP contribution in [0.4, 0.5) is 0 Å². The largest absolute Gasteiger partial charge is 0.496 e. The number of nitriles is 1. The summed E-state index contributed by atoms with van der Waals surface area (Å²) in [6, 6.07) is 13.7. The lowest BCUT2D eigenvalue weighted by Gasteiger charge is -2.41. The van der Waals surface area contributed by atoms with Crippen molar-refractivity contribution in [2.75, 3.05) is 19.7 Å². The van der Waals surface area contributed by atoms with E-state index in [0.29, 0.717) is 30.4 Å². The number of ether oxygens (including phenoxy) is 1. The number of carbonyl (C=O) groups excluding carboxylic acids is 1. The second-order valence-electron chi connectivity index (χ2n) is 6.47. The molecule has 1 atom stereocenters. The van der Waals surface area contributed by atoms with Crippen molar-refractivity contribution in [3.63, 3.8) is 0 Å². The Balaban J connectivity index is 1.64. The van der Waals surface area contributed by atoms with Gasteiger partial charge in [0, 0.05) is 17.9 Å². The van der Waals surface area contributed by atoms with Crippen molar-refractivity contribution in [3.8, 4) is 11.8 Å². The van der Waals surface area contributed by atoms with Crippen molar-refractivity contribution >= 4 is 17.7 Å². The molecular weight excluding hydrogens is 362 g/mol. The number of thioether (sulfide) groups is 1. The summed E-state index contributed by atoms with van der Waals surface area (Å²) in [6.07, 6.45) is 1.91. The van der Waals surface area contributed by atoms with Crippen LogP contribution in [-0.4, -0.2) is 35.4 Å². The predicted octanol–water partition coefficient (Wildman–Crippen LogP) is 3.50. The maximum absolute atomic E-state index is 12.9. The SMILES string of the molecule is COc1ccccc1[C@H]1CC(=O)N2CN(Cc3ccco3)CSC2=C1C#N. The molecule has 2 aliphatic heterocycles. The molecule has 6 nitrogen and oxygen atoms in total. The normalized spacial score (nSPS) is 20.4. The van der Waals surface area contributed by atoms with Gasteiger partial charge in [0.05, 0.1) is 49.1 Å². The number of allylic oxidation sites excluding steroid dienone is 1. The molecule has 0 aliphatic carbocycles. The van der Waals surface area contributed by atoms with Crippen LogP contribution in [-0.2, 0) is 11.3 Å². The van der Waals surface area contributed by atoms with Crippen LogP contribution in [0.3, 0.4) is 0 Å². The number of rotatable bonds is 4. The number of carbonyl (C=O) groups is 1. The van der Waals surface area contributed by atoms with Crippen molar-refractivity contribution in [3.05, 3.63) is 64.6 Å². The molecule has 138 valence electrons. The molecule has 1 aromatic carbocycles. The van der Waals surface area contributed by atoms with Gasteiger partial charge >= 0.3 is 0 Å². The molecule has 2 aliphatic rings. The van der Waals surface area contributed by atoms with Gasteiger partial charge in [-0.05, 0) is 18.2 Å². The van der Waals surface area contributed by atoms with Crippen LogP contribution in [0.2, 0.25) is 0 Å². The fourth-order valence-corrected chi connectivity index (χ4v) is 4.69. The third kappa shape index (κ3) is 3.34. The molecule has 0 radical (unpaired) electrons. The molecule has 2 aromatic rings. The minimum Gasteiger partial charge on any atom is -0.496 e. The fourth-order valence-electron chi connectivity index (χ4n) is 3.55. The van der Waals surface area contributed by atoms with Crippen molar-refractivity contribution in [2.45, 2.75) is 18.9 Å². The van der Waals surface area contributed by atoms with Gasteiger partial charge in [-0.1, -0.05) is 30.0 Å². The number of amides is 1. The summed E-state index contributed by atoms with van der Waals surface area (Å²) in [7, 11) is 1.61. The second kappa shape index (κ2) is 7.51. The van der Waals surface area contributed by atoms with E-state index in [4.69, 9.17) is 9.15 Å². The highest BCUT2D eigenvalue weighted by molar-refractivity contribution is 8.03. The lowest BCUT2D eigenvalue weighted by Crippen LogP contribution is -2.46. The molecule has 4 rings (SSSR count). The Morgan fingerprint density at radius 3 is 2.93 bits per heavy atom. The number of hydrogen-bond acceptors (Lipinski definition) is 6. The molecular formula is C20H19N3O3S. The summed E-state index contributed by atoms with van der Waals surface area (Å²) in [5, 5.41) is 10.6. The van der Waals surface area contributed by atoms with Gasteiger partial charge < -0.3 is 9.15 Å². The van der Waals surface area contributed by atoms with Crippen LogP contribution in [0.5, 0.6) is 5.75 Å². The number of hydrogen-bond donors (Lipinski definition) is 0. The number of furan rings is 1. The van der Waals surface area contributed by atoms with Crippen LogP contribution in [0.25, 0.3) is 0 Å². The van der Waals surface area contributed by atoms with Crippen LogP contribution in [0.1, 0.15) is 23.7 Å². The van der Waals surface area contributed by atoms with E-state index in [2.05, 4.69) is 11.0 Å². The molecule has 1 fully saturated rings. The van der Waals surface area contributed by atoms with Crippen LogP contribution in [0, 0.1) is 11.3 Å². The average molecular weight is 381 g/mol. The fraction of sp³-hybridized carbons (Fsp3) is 0.300. The molecule has 0 saturated carbocycles. The topological polar surface area (TPSA) is 69.7 Å². The highest BCUT2D eigenvalue weighted by Gasteiger charge is 2.39. The van der Waals surface area contributed by atoms with E-state index >= 15 is 0 Å². The lowest BCUT2D eigenvalue weighted by atomic mass is 9.86. The highest BCUT2D eigenvalue weighted by Crippen LogP contribution is 2.44. The van der Waals surface area contributed by atoms with Gasteiger partial charge in [-0.15, -0.1) is 0 Å². The summed E-state index contributed by atoms with van der Waals surface area (Å²) in [5.74, 6) is 2.02. The van der Waals surface area contributed by atoms with E-state index in [-0.39, 0.29) is 18.2 Å². The van der Waals surface area contributed by atoms with Crippen molar-refractivity contribution in [1.29, 1.82) is 5.26 Å². The van der Waals surface area contributed by atoms with Gasteiger partial charge in [0.1, 0.15) is 11.5 Å². The zero-order valence-electron chi connectivity index (χ0n) is 14.9. The summed E-state index contributed by atoms with van der Waals surface area (Å²) in [6.45, 7) is 1.10. The first-order chi connectivity index (χ1) is 13.2. The van der Waals surface area contributed by atoms with Gasteiger partial charge in [0.25, 0.3) is 0 Å². The van der Waals surface area contributed by atoms with Crippen LogP contribution in [0.15, 0.2) is 57.7 Å². The van der Waals surface area contributed by atoms with E-state index in [1.807, 2.05) is 36.4 Å². The minimum absolute atomic E-state index is 0.0246. The summed E-state index contributed by atoms with van der Waals surface area (Å²) in [4.78, 5) is 16.8. The molecule has 0 spiro atoms. The lowest BCUT2D eigenvalue weighted by molar-refractivity contribution is -0.132. The number of para-hydroxylation sites is 1. The van der Waals surface area contributed by atoms with E-state index in [0.717, 1.165) is 16.4 Å². The first-order valence-corrected chi connectivity index (χ1v) is 9.65. The third-order valence-corrected chi connectivity index (χ3v) is 6.03. The molecule has 1 aromatic heterocycles. The van der Waals surface area contributed by atoms with Gasteiger partial charge in [-0.25, -0.2) is 0 Å². The Hall–Kier alpha value is -2.69. The molecule has 0 bridgehead atoms. The zero-order chi connectivity index (χ0) is 18.8. The Kier molecular flexibility index (Phi) is 4.92. The first kappa shape index (κ1) is 17.7. The molecule has 1 saturated heterocycles. The van der Waals surface area contributed by atoms with Crippen LogP contribution >= 0.6 is 11.8 Å². The molecule has 3 heterocycles. The van der Waals surface area contributed by atoms with Gasteiger partial charge in [-0.3, -0.25) is 14.6 Å². The Morgan fingerprint density at radius 1 is 1.33 bits per heavy atom. The quantitative estimate of drug-likeness (QED) is 0.807. The summed E-state index contributed by atoms with van der Waals surface area (Å²) >= 11 is 1.53. The number of fused-ring (bicyclic) bond motifs is 1. The van der Waals surface area contributed by atoms with Crippen molar-refractivity contribution in [1.82, 2.24) is 9.80 Å². The maximum atomic E-state index is 12.9. The molecule has 27 heavy (non-hydrogen) atoms. The second-order valence-corrected chi connectivity index (χ2v) is 7.41. The molecule has 0 N–H and O–H groups in total. The zero-order valence-corrected chi connectivity index (χ0v) is 15.7. The van der Waals surface area contributed by atoms with E-state index in [1.54, 1.807) is 18.3 Å². The van der Waals surface area contributed by atoms with Crippen LogP contribution < -0.4 is 4.74 Å². The molecule has 0 unspecified atom stereocenters. The van der Waals surface area contributed by atoms with Crippen molar-refractivity contribution < 1.29 is 13.9 Å². The summed E-state index contributed by atoms with van der Waals surface area (Å²) in [5.41, 5.74) is 1.53. The van der Waals surface area contributed by atoms with E-state index in [9.17, 15) is 10.1 Å². The maximum Gasteiger partial charge on any atom is 0.229 e. The van der Waals surface area contributed by atoms with Gasteiger partial charge in [-0.2, -0.15) is 5.26 Å². The number of methoxy groups -OCH3 is 1. The average Bonchev–Trinajstić information content (AvgIpc) is 3.21. The third-order valence-electron chi connectivity index (χ3n) is 4.82. The summed E-state index contributed by atoms with van der Waals surface area (Å²) < 4.78 is 10.9. The van der Waals surface area contributed by atoms with Crippen molar-refractivity contribution in [2.24, 2.45) is 0 Å². The highest BCUT2D eigenvalue weighted by atomic mass is 32.2. The number of benzene rings is 1. The Bertz CT molecular complexity index is 917. The molecule has 7 heteroatoms. The standard InChI is InChI=1S/C20H19N3O3S/c1-25-18-7-3-2-6-15(18)16-9-19(24)23-12-22(11-14-5-4-8-26-14)13-27-20(23)17(16)10-21/h2-8,16H,9,11-13H2,1H3/t16-/m1/s1. The first-order valence-electron chi connectivity index (χ1n) is 8.66. The van der Waals surface area contributed by atoms with Gasteiger partial charge in [0.2, 0.25) is 5.91 Å². The Morgan fingerprint density at radius 2 is 2.19 bits per heavy atom. The minimum atomic E-state index is -0.269. The Labute approximate surface area is 162 Å². The van der Waals surface area contributed by atoms with E-state index < -0.39 is 0 Å². The van der Waals surface area contributed by atoms with Gasteiger partial charge in [0.15, 0.2) is 0 Å². The smallest absolute Gasteiger partial charge is 0.229 e. The predicted molar refractivity (Wildman–Crippen MR) is 101 cm³/mol. The molecule has 1 amide bonds. The van der Waals surface area contributed by atoms with E-state index in [1.165, 1.54) is 11.8 Å². The number of nitrogens with zero attached hydrogens (tertiary/aromatic N) is 3. The monoisotopic (exact) mass is 381 g/mol.